The molecule has 10 heteroatoms. The Balaban J connectivity index is 1.67. The number of Topliss-reactive ketones (excluding diaryl/α,β-unsaturated/α-hetero) is 1. The van der Waals surface area contributed by atoms with Gasteiger partial charge in [-0.2, -0.15) is 5.10 Å². The molecule has 1 aromatic carbocycles. The van der Waals surface area contributed by atoms with Crippen LogP contribution in [0.2, 0.25) is 0 Å². The molecule has 2 heterocycles. The van der Waals surface area contributed by atoms with Crippen molar-refractivity contribution in [1.29, 1.82) is 0 Å². The number of ether oxygens (including phenoxy) is 1. The Morgan fingerprint density at radius 3 is 2.67 bits per heavy atom. The molecule has 172 valence electrons. The molecule has 1 aliphatic carbocycles. The van der Waals surface area contributed by atoms with E-state index >= 15 is 0 Å². The van der Waals surface area contributed by atoms with Gasteiger partial charge in [-0.05, 0) is 25.0 Å². The summed E-state index contributed by atoms with van der Waals surface area (Å²) in [6.07, 6.45) is 4.58. The molecule has 0 radical (unpaired) electrons. The lowest BCUT2D eigenvalue weighted by atomic mass is 10.1. The van der Waals surface area contributed by atoms with Crippen LogP contribution in [0.1, 0.15) is 43.0 Å². The van der Waals surface area contributed by atoms with E-state index in [9.17, 15) is 14.7 Å². The number of methoxy groups -OCH3 is 1. The molecule has 0 aliphatic heterocycles. The van der Waals surface area contributed by atoms with Crippen molar-refractivity contribution < 1.29 is 19.4 Å². The summed E-state index contributed by atoms with van der Waals surface area (Å²) in [6.45, 7) is 1.77. The predicted molar refractivity (Wildman–Crippen MR) is 123 cm³/mol. The topological polar surface area (TPSA) is 131 Å². The van der Waals surface area contributed by atoms with Gasteiger partial charge in [-0.3, -0.25) is 14.3 Å². The van der Waals surface area contributed by atoms with Crippen LogP contribution in [0.3, 0.4) is 0 Å². The average molecular weight is 450 g/mol. The highest BCUT2D eigenvalue weighted by Crippen LogP contribution is 2.39. The number of carbonyl (C=O) groups is 2. The zero-order valence-corrected chi connectivity index (χ0v) is 18.8. The maximum absolute atomic E-state index is 12.5. The minimum Gasteiger partial charge on any atom is -0.494 e. The molecule has 1 amide bonds. The van der Waals surface area contributed by atoms with E-state index in [1.54, 1.807) is 38.2 Å². The Labute approximate surface area is 191 Å². The van der Waals surface area contributed by atoms with Crippen molar-refractivity contribution in [2.75, 3.05) is 17.7 Å². The third kappa shape index (κ3) is 5.01. The van der Waals surface area contributed by atoms with E-state index in [1.165, 1.54) is 6.20 Å². The van der Waals surface area contributed by atoms with E-state index in [1.807, 2.05) is 18.2 Å². The fourth-order valence-corrected chi connectivity index (χ4v) is 3.49. The molecule has 3 N–H and O–H groups in total. The highest BCUT2D eigenvalue weighted by molar-refractivity contribution is 6.02. The number of aromatic nitrogens is 4. The number of carbonyl (C=O) groups excluding carboxylic acids is 2. The molecule has 10 nitrogen and oxygen atoms in total. The van der Waals surface area contributed by atoms with E-state index in [-0.39, 0.29) is 23.9 Å². The maximum atomic E-state index is 12.5. The maximum Gasteiger partial charge on any atom is 0.228 e. The van der Waals surface area contributed by atoms with Crippen molar-refractivity contribution in [2.45, 2.75) is 38.2 Å². The van der Waals surface area contributed by atoms with Crippen LogP contribution in [0.4, 0.5) is 17.2 Å². The summed E-state index contributed by atoms with van der Waals surface area (Å²) < 4.78 is 7.25. The number of nitrogens with one attached hydrogen (secondary N) is 2. The summed E-state index contributed by atoms with van der Waals surface area (Å²) in [4.78, 5) is 33.3. The zero-order valence-electron chi connectivity index (χ0n) is 18.8. The number of ketones is 1. The van der Waals surface area contributed by atoms with Crippen molar-refractivity contribution in [1.82, 2.24) is 19.7 Å². The number of anilines is 3. The first-order valence-electron chi connectivity index (χ1n) is 10.7. The van der Waals surface area contributed by atoms with Gasteiger partial charge in [0.1, 0.15) is 12.1 Å². The number of hydrogen-bond donors (Lipinski definition) is 3. The van der Waals surface area contributed by atoms with Gasteiger partial charge < -0.3 is 20.5 Å². The predicted octanol–water partition coefficient (Wildman–Crippen LogP) is 3.08. The van der Waals surface area contributed by atoms with E-state index in [4.69, 9.17) is 4.74 Å². The molecular weight excluding hydrogens is 424 g/mol. The van der Waals surface area contributed by atoms with Gasteiger partial charge in [0.15, 0.2) is 17.4 Å². The lowest BCUT2D eigenvalue weighted by Crippen LogP contribution is -2.21. The molecule has 1 aliphatic rings. The van der Waals surface area contributed by atoms with Gasteiger partial charge >= 0.3 is 0 Å². The summed E-state index contributed by atoms with van der Waals surface area (Å²) in [5.41, 5.74) is 1.24. The standard InChI is InChI=1S/C23H26N6O4/c1-4-18(30)15-12-24-19(27-20(31)11-23(32)8-9-23)10-17(15)26-16-7-5-6-14(21(16)33-3)22-25-13-29(2)28-22/h5-7,10,12-13,32H,4,8-9,11H2,1-3H3,(H2,24,26,27,31). The van der Waals surface area contributed by atoms with Crippen LogP contribution in [0.25, 0.3) is 11.4 Å². The van der Waals surface area contributed by atoms with Gasteiger partial charge in [0.25, 0.3) is 0 Å². The summed E-state index contributed by atoms with van der Waals surface area (Å²) in [6, 6.07) is 7.09. The molecule has 1 fully saturated rings. The largest absolute Gasteiger partial charge is 0.494 e. The Morgan fingerprint density at radius 2 is 2.03 bits per heavy atom. The Morgan fingerprint density at radius 1 is 1.24 bits per heavy atom. The van der Waals surface area contributed by atoms with Crippen LogP contribution in [-0.4, -0.2) is 49.3 Å². The second-order valence-corrected chi connectivity index (χ2v) is 8.09. The van der Waals surface area contributed by atoms with Gasteiger partial charge in [-0.1, -0.05) is 13.0 Å². The number of aryl methyl sites for hydroxylation is 1. The molecule has 1 saturated carbocycles. The van der Waals surface area contributed by atoms with Crippen molar-refractivity contribution >= 4 is 28.9 Å². The number of para-hydroxylation sites is 1. The number of benzene rings is 1. The number of aliphatic hydroxyl groups is 1. The average Bonchev–Trinajstić information content (AvgIpc) is 3.35. The molecule has 3 aromatic rings. The smallest absolute Gasteiger partial charge is 0.228 e. The van der Waals surface area contributed by atoms with Gasteiger partial charge in [0.2, 0.25) is 5.91 Å². The quantitative estimate of drug-likeness (QED) is 0.424. The van der Waals surface area contributed by atoms with Gasteiger partial charge in [-0.15, -0.1) is 0 Å². The molecule has 0 atom stereocenters. The second-order valence-electron chi connectivity index (χ2n) is 8.09. The fraction of sp³-hybridized carbons (Fsp3) is 0.348. The lowest BCUT2D eigenvalue weighted by molar-refractivity contribution is -0.118. The zero-order chi connectivity index (χ0) is 23.6. The van der Waals surface area contributed by atoms with Crippen LogP contribution in [-0.2, 0) is 11.8 Å². The van der Waals surface area contributed by atoms with E-state index < -0.39 is 5.60 Å². The lowest BCUT2D eigenvalue weighted by Gasteiger charge is -2.17. The van der Waals surface area contributed by atoms with Crippen molar-refractivity contribution in [3.05, 3.63) is 42.4 Å². The fourth-order valence-electron chi connectivity index (χ4n) is 3.49. The minimum atomic E-state index is -0.906. The molecule has 4 rings (SSSR count). The van der Waals surface area contributed by atoms with Gasteiger partial charge in [0, 0.05) is 25.7 Å². The molecule has 2 aromatic heterocycles. The van der Waals surface area contributed by atoms with Crippen LogP contribution in [0.5, 0.6) is 5.75 Å². The van der Waals surface area contributed by atoms with E-state index in [2.05, 4.69) is 25.7 Å². The number of rotatable bonds is 9. The first-order valence-corrected chi connectivity index (χ1v) is 10.7. The third-order valence-electron chi connectivity index (χ3n) is 5.44. The molecule has 33 heavy (non-hydrogen) atoms. The van der Waals surface area contributed by atoms with Crippen LogP contribution < -0.4 is 15.4 Å². The summed E-state index contributed by atoms with van der Waals surface area (Å²) >= 11 is 0. The third-order valence-corrected chi connectivity index (χ3v) is 5.44. The Kier molecular flexibility index (Phi) is 6.10. The van der Waals surface area contributed by atoms with E-state index in [0.717, 1.165) is 0 Å². The summed E-state index contributed by atoms with van der Waals surface area (Å²) in [5.74, 6) is 0.863. The van der Waals surface area contributed by atoms with Crippen molar-refractivity contribution in [3.8, 4) is 17.1 Å². The molecule has 0 unspecified atom stereocenters. The minimum absolute atomic E-state index is 0.0139. The first-order chi connectivity index (χ1) is 15.8. The molecule has 0 saturated heterocycles. The molecule has 0 bridgehead atoms. The second kappa shape index (κ2) is 8.99. The van der Waals surface area contributed by atoms with E-state index in [0.29, 0.717) is 53.3 Å². The Hall–Kier alpha value is -3.79. The molecular formula is C23H26N6O4. The van der Waals surface area contributed by atoms with Crippen LogP contribution in [0, 0.1) is 0 Å². The number of pyridine rings is 1. The number of hydrogen-bond acceptors (Lipinski definition) is 8. The van der Waals surface area contributed by atoms with Gasteiger partial charge in [0.05, 0.1) is 41.6 Å². The SMILES string of the molecule is CCC(=O)c1cnc(NC(=O)CC2(O)CC2)cc1Nc1cccc(-c2ncn(C)n2)c1OC. The van der Waals surface area contributed by atoms with Crippen LogP contribution in [0.15, 0.2) is 36.8 Å². The van der Waals surface area contributed by atoms with Crippen LogP contribution >= 0.6 is 0 Å². The van der Waals surface area contributed by atoms with Crippen molar-refractivity contribution in [2.24, 2.45) is 7.05 Å². The highest BCUT2D eigenvalue weighted by atomic mass is 16.5. The monoisotopic (exact) mass is 450 g/mol. The highest BCUT2D eigenvalue weighted by Gasteiger charge is 2.42. The number of amides is 1. The Bertz CT molecular complexity index is 1200. The first kappa shape index (κ1) is 22.4. The van der Waals surface area contributed by atoms with Crippen molar-refractivity contribution in [3.63, 3.8) is 0 Å². The molecule has 0 spiro atoms. The summed E-state index contributed by atoms with van der Waals surface area (Å²) in [7, 11) is 3.33. The number of nitrogens with zero attached hydrogens (tertiary/aromatic N) is 4. The summed E-state index contributed by atoms with van der Waals surface area (Å²) in [5, 5.41) is 20.3. The normalized spacial score (nSPS) is 13.9. The van der Waals surface area contributed by atoms with Gasteiger partial charge in [-0.25, -0.2) is 9.97 Å².